The number of nitrogens with one attached hydrogen (secondary N) is 2. The summed E-state index contributed by atoms with van der Waals surface area (Å²) in [4.78, 5) is 27.1. The van der Waals surface area contributed by atoms with E-state index in [1.807, 2.05) is 0 Å². The molecule has 7 nitrogen and oxygen atoms in total. The molecule has 2 heterocycles. The molecule has 1 atom stereocenters. The van der Waals surface area contributed by atoms with Crippen molar-refractivity contribution < 1.29 is 9.53 Å². The molecule has 0 bridgehead atoms. The maximum Gasteiger partial charge on any atom is 0.322 e. The molecule has 0 amide bonds. The first-order chi connectivity index (χ1) is 10.3. The summed E-state index contributed by atoms with van der Waals surface area (Å²) in [6, 6.07) is -0.276. The van der Waals surface area contributed by atoms with Crippen LogP contribution in [0.2, 0.25) is 0 Å². The highest BCUT2D eigenvalue weighted by molar-refractivity contribution is 7.99. The van der Waals surface area contributed by atoms with Crippen LogP contribution in [0.15, 0.2) is 17.7 Å². The number of carbonyl (C=O) groups excluding carboxylic acids is 1. The Hall–Kier alpha value is -1.67. The van der Waals surface area contributed by atoms with Crippen LogP contribution in [-0.2, 0) is 9.53 Å². The molecule has 21 heavy (non-hydrogen) atoms. The van der Waals surface area contributed by atoms with Gasteiger partial charge in [0, 0.05) is 5.75 Å². The smallest absolute Gasteiger partial charge is 0.322 e. The van der Waals surface area contributed by atoms with Crippen LogP contribution in [0.3, 0.4) is 0 Å². The van der Waals surface area contributed by atoms with E-state index < -0.39 is 0 Å². The molecule has 8 heteroatoms. The molecule has 0 saturated carbocycles. The number of fused-ring (bicyclic) bond motifs is 1. The topological polar surface area (TPSA) is 92.8 Å². The normalized spacial score (nSPS) is 12.5. The average Bonchev–Trinajstić information content (AvgIpc) is 2.99. The van der Waals surface area contributed by atoms with E-state index >= 15 is 0 Å². The summed E-state index contributed by atoms with van der Waals surface area (Å²) in [5, 5.41) is 4.04. The van der Waals surface area contributed by atoms with Gasteiger partial charge in [-0.1, -0.05) is 6.92 Å². The minimum Gasteiger partial charge on any atom is -0.468 e. The molecule has 0 aromatic carbocycles. The lowest BCUT2D eigenvalue weighted by atomic mass is 10.2. The summed E-state index contributed by atoms with van der Waals surface area (Å²) in [6.45, 7) is 2.86. The van der Waals surface area contributed by atoms with Gasteiger partial charge in [0.05, 0.1) is 13.4 Å². The number of nitrogens with zero attached hydrogens (tertiary/aromatic N) is 3. The van der Waals surface area contributed by atoms with Crippen molar-refractivity contribution in [3.8, 4) is 0 Å². The second-order valence-corrected chi connectivity index (χ2v) is 5.53. The molecule has 2 rings (SSSR count). The van der Waals surface area contributed by atoms with E-state index in [1.165, 1.54) is 13.4 Å². The molecular weight excluding hydrogens is 290 g/mol. The summed E-state index contributed by atoms with van der Waals surface area (Å²) in [5.74, 6) is 0.528. The molecule has 0 saturated heterocycles. The van der Waals surface area contributed by atoms with E-state index in [1.54, 1.807) is 18.1 Å². The summed E-state index contributed by atoms with van der Waals surface area (Å²) in [7, 11) is 1.41. The minimum atomic E-state index is -0.276. The number of H-pyrrole nitrogens is 1. The Kier molecular flexibility index (Phi) is 5.94. The van der Waals surface area contributed by atoms with Gasteiger partial charge in [0.1, 0.15) is 22.9 Å². The number of methoxy groups -OCH3 is 1. The molecule has 2 aromatic rings. The van der Waals surface area contributed by atoms with Gasteiger partial charge in [-0.2, -0.15) is 0 Å². The Labute approximate surface area is 127 Å². The van der Waals surface area contributed by atoms with Crippen LogP contribution in [0.4, 0.5) is 0 Å². The number of carbonyl (C=O) groups is 1. The van der Waals surface area contributed by atoms with E-state index in [0.29, 0.717) is 12.1 Å². The number of rotatable bonds is 8. The van der Waals surface area contributed by atoms with Crippen molar-refractivity contribution in [1.82, 2.24) is 25.3 Å². The van der Waals surface area contributed by atoms with Crippen LogP contribution < -0.4 is 5.32 Å². The van der Waals surface area contributed by atoms with E-state index in [-0.39, 0.29) is 12.0 Å². The van der Waals surface area contributed by atoms with E-state index in [9.17, 15) is 4.79 Å². The standard InChI is InChI=1S/C13H19N5O2S/c1-3-5-14-9(13(19)20-2)4-6-21-12-10-11(16-7-15-10)17-8-18-12/h7-9,14H,3-6H2,1-2H3,(H,15,16,17,18). The Bertz CT molecular complexity index is 589. The fourth-order valence-electron chi connectivity index (χ4n) is 1.89. The Morgan fingerprint density at radius 2 is 2.33 bits per heavy atom. The van der Waals surface area contributed by atoms with Gasteiger partial charge in [0.2, 0.25) is 0 Å². The number of esters is 1. The van der Waals surface area contributed by atoms with Gasteiger partial charge < -0.3 is 15.0 Å². The third-order valence-electron chi connectivity index (χ3n) is 2.96. The first kappa shape index (κ1) is 15.7. The quantitative estimate of drug-likeness (QED) is 0.432. The van der Waals surface area contributed by atoms with E-state index in [4.69, 9.17) is 4.74 Å². The van der Waals surface area contributed by atoms with Crippen molar-refractivity contribution in [2.24, 2.45) is 0 Å². The zero-order chi connectivity index (χ0) is 15.1. The summed E-state index contributed by atoms with van der Waals surface area (Å²) in [6.07, 6.45) is 4.75. The molecule has 1 unspecified atom stereocenters. The lowest BCUT2D eigenvalue weighted by molar-refractivity contribution is -0.143. The molecule has 0 fully saturated rings. The largest absolute Gasteiger partial charge is 0.468 e. The maximum absolute atomic E-state index is 11.7. The summed E-state index contributed by atoms with van der Waals surface area (Å²) in [5.41, 5.74) is 1.49. The fraction of sp³-hybridized carbons (Fsp3) is 0.538. The van der Waals surface area contributed by atoms with Crippen molar-refractivity contribution >= 4 is 28.9 Å². The number of ether oxygens (including phenoxy) is 1. The van der Waals surface area contributed by atoms with Crippen LogP contribution in [0.1, 0.15) is 19.8 Å². The molecule has 114 valence electrons. The first-order valence-electron chi connectivity index (χ1n) is 6.84. The number of hydrogen-bond donors (Lipinski definition) is 2. The van der Waals surface area contributed by atoms with Gasteiger partial charge in [0.15, 0.2) is 5.65 Å². The van der Waals surface area contributed by atoms with Crippen molar-refractivity contribution in [1.29, 1.82) is 0 Å². The van der Waals surface area contributed by atoms with Crippen LogP contribution in [0.25, 0.3) is 11.2 Å². The molecule has 0 aliphatic carbocycles. The molecule has 0 spiro atoms. The molecular formula is C13H19N5O2S. The van der Waals surface area contributed by atoms with E-state index in [0.717, 1.165) is 29.3 Å². The van der Waals surface area contributed by atoms with Gasteiger partial charge in [-0.05, 0) is 19.4 Å². The number of imidazole rings is 1. The van der Waals surface area contributed by atoms with Gasteiger partial charge in [-0.25, -0.2) is 15.0 Å². The Balaban J connectivity index is 1.92. The molecule has 0 radical (unpaired) electrons. The van der Waals surface area contributed by atoms with Crippen LogP contribution in [0, 0.1) is 0 Å². The fourth-order valence-corrected chi connectivity index (χ4v) is 2.85. The molecule has 0 aliphatic rings. The van der Waals surface area contributed by atoms with Crippen molar-refractivity contribution in [3.63, 3.8) is 0 Å². The predicted octanol–water partition coefficient (Wildman–Crippen LogP) is 1.38. The van der Waals surface area contributed by atoms with Crippen molar-refractivity contribution in [3.05, 3.63) is 12.7 Å². The Morgan fingerprint density at radius 1 is 1.48 bits per heavy atom. The number of hydrogen-bond acceptors (Lipinski definition) is 7. The minimum absolute atomic E-state index is 0.224. The Morgan fingerprint density at radius 3 is 3.10 bits per heavy atom. The lowest BCUT2D eigenvalue weighted by Gasteiger charge is -2.15. The predicted molar refractivity (Wildman–Crippen MR) is 81.1 cm³/mol. The highest BCUT2D eigenvalue weighted by Crippen LogP contribution is 2.22. The monoisotopic (exact) mass is 309 g/mol. The zero-order valence-electron chi connectivity index (χ0n) is 12.1. The third-order valence-corrected chi connectivity index (χ3v) is 3.98. The maximum atomic E-state index is 11.7. The third kappa shape index (κ3) is 4.15. The van der Waals surface area contributed by atoms with Crippen LogP contribution >= 0.6 is 11.8 Å². The molecule has 2 N–H and O–H groups in total. The zero-order valence-corrected chi connectivity index (χ0v) is 12.9. The molecule has 2 aromatic heterocycles. The molecule has 0 aliphatic heterocycles. The second-order valence-electron chi connectivity index (χ2n) is 4.45. The summed E-state index contributed by atoms with van der Waals surface area (Å²) >= 11 is 1.57. The van der Waals surface area contributed by atoms with Crippen LogP contribution in [-0.4, -0.2) is 51.4 Å². The average molecular weight is 309 g/mol. The number of aromatic amines is 1. The van der Waals surface area contributed by atoms with Gasteiger partial charge in [-0.15, -0.1) is 11.8 Å². The van der Waals surface area contributed by atoms with Crippen molar-refractivity contribution in [2.75, 3.05) is 19.4 Å². The number of aromatic nitrogens is 4. The second kappa shape index (κ2) is 7.94. The summed E-state index contributed by atoms with van der Waals surface area (Å²) < 4.78 is 4.82. The SMILES string of the molecule is CCCNC(CCSc1ncnc2nc[nH]c12)C(=O)OC. The van der Waals surface area contributed by atoms with Gasteiger partial charge in [-0.3, -0.25) is 4.79 Å². The van der Waals surface area contributed by atoms with Crippen molar-refractivity contribution in [2.45, 2.75) is 30.8 Å². The van der Waals surface area contributed by atoms with Gasteiger partial charge >= 0.3 is 5.97 Å². The highest BCUT2D eigenvalue weighted by atomic mass is 32.2. The van der Waals surface area contributed by atoms with Crippen LogP contribution in [0.5, 0.6) is 0 Å². The highest BCUT2D eigenvalue weighted by Gasteiger charge is 2.18. The first-order valence-corrected chi connectivity index (χ1v) is 7.83. The lowest BCUT2D eigenvalue weighted by Crippen LogP contribution is -2.38. The van der Waals surface area contributed by atoms with Gasteiger partial charge in [0.25, 0.3) is 0 Å². The van der Waals surface area contributed by atoms with E-state index in [2.05, 4.69) is 32.2 Å². The number of thioether (sulfide) groups is 1.